The second-order valence-corrected chi connectivity index (χ2v) is 7.28. The van der Waals surface area contributed by atoms with Gasteiger partial charge in [-0.2, -0.15) is 0 Å². The van der Waals surface area contributed by atoms with Crippen molar-refractivity contribution in [3.05, 3.63) is 29.8 Å². The average Bonchev–Trinajstić information content (AvgIpc) is 2.62. The second-order valence-electron chi connectivity index (χ2n) is 7.28. The standard InChI is InChI=1S/C20H32N2O3.ClH/c1-16(2)17-4-6-18(7-5-17)25-13-8-19(23)22-14-20(15-24-3)9-11-21-12-10-20;/h4-7,16,21H,8-15H2,1-3H3,(H,22,23);1H. The van der Waals surface area contributed by atoms with Crippen molar-refractivity contribution in [2.24, 2.45) is 5.41 Å². The number of ether oxygens (including phenoxy) is 2. The summed E-state index contributed by atoms with van der Waals surface area (Å²) in [6.07, 6.45) is 2.42. The molecule has 26 heavy (non-hydrogen) atoms. The SMILES string of the molecule is COCC1(CNC(=O)CCOc2ccc(C(C)C)cc2)CCNCC1.Cl. The quantitative estimate of drug-likeness (QED) is 0.686. The van der Waals surface area contributed by atoms with Crippen LogP contribution in [0, 0.1) is 5.41 Å². The molecule has 0 atom stereocenters. The summed E-state index contributed by atoms with van der Waals surface area (Å²) in [5, 5.41) is 6.42. The molecule has 0 bridgehead atoms. The molecule has 2 rings (SSSR count). The lowest BCUT2D eigenvalue weighted by Gasteiger charge is -2.37. The lowest BCUT2D eigenvalue weighted by molar-refractivity contribution is -0.122. The van der Waals surface area contributed by atoms with E-state index in [2.05, 4.69) is 36.6 Å². The minimum atomic E-state index is 0. The van der Waals surface area contributed by atoms with E-state index in [1.54, 1.807) is 7.11 Å². The summed E-state index contributed by atoms with van der Waals surface area (Å²) >= 11 is 0. The van der Waals surface area contributed by atoms with Gasteiger partial charge in [0.15, 0.2) is 0 Å². The van der Waals surface area contributed by atoms with Crippen molar-refractivity contribution < 1.29 is 14.3 Å². The first-order valence-corrected chi connectivity index (χ1v) is 9.24. The minimum absolute atomic E-state index is 0. The molecular formula is C20H33ClN2O3. The molecule has 1 saturated heterocycles. The smallest absolute Gasteiger partial charge is 0.223 e. The van der Waals surface area contributed by atoms with E-state index in [1.807, 2.05) is 12.1 Å². The van der Waals surface area contributed by atoms with Gasteiger partial charge in [-0.25, -0.2) is 0 Å². The number of amides is 1. The van der Waals surface area contributed by atoms with E-state index in [-0.39, 0.29) is 23.7 Å². The number of benzene rings is 1. The summed E-state index contributed by atoms with van der Waals surface area (Å²) in [5.74, 6) is 1.36. The minimum Gasteiger partial charge on any atom is -0.493 e. The molecule has 1 aliphatic heterocycles. The number of rotatable bonds is 9. The van der Waals surface area contributed by atoms with Crippen LogP contribution in [0.3, 0.4) is 0 Å². The van der Waals surface area contributed by atoms with Crippen LogP contribution in [0.1, 0.15) is 44.6 Å². The van der Waals surface area contributed by atoms with E-state index >= 15 is 0 Å². The molecule has 0 aromatic heterocycles. The zero-order valence-electron chi connectivity index (χ0n) is 16.2. The predicted octanol–water partition coefficient (Wildman–Crippen LogP) is 3.13. The Hall–Kier alpha value is -1.30. The van der Waals surface area contributed by atoms with Gasteiger partial charge in [-0.15, -0.1) is 12.4 Å². The normalized spacial score (nSPS) is 16.0. The molecule has 0 spiro atoms. The van der Waals surface area contributed by atoms with Gasteiger partial charge in [-0.05, 0) is 49.5 Å². The largest absolute Gasteiger partial charge is 0.493 e. The van der Waals surface area contributed by atoms with Crippen LogP contribution < -0.4 is 15.4 Å². The lowest BCUT2D eigenvalue weighted by Crippen LogP contribution is -2.47. The van der Waals surface area contributed by atoms with Crippen molar-refractivity contribution >= 4 is 18.3 Å². The molecule has 0 unspecified atom stereocenters. The molecule has 1 aromatic rings. The van der Waals surface area contributed by atoms with E-state index in [0.717, 1.165) is 31.7 Å². The van der Waals surface area contributed by atoms with Crippen LogP contribution in [-0.4, -0.2) is 45.9 Å². The summed E-state index contributed by atoms with van der Waals surface area (Å²) < 4.78 is 11.1. The third kappa shape index (κ3) is 7.14. The molecule has 1 fully saturated rings. The molecule has 2 N–H and O–H groups in total. The number of nitrogens with one attached hydrogen (secondary N) is 2. The van der Waals surface area contributed by atoms with Gasteiger partial charge >= 0.3 is 0 Å². The lowest BCUT2D eigenvalue weighted by atomic mass is 9.79. The maximum absolute atomic E-state index is 12.1. The van der Waals surface area contributed by atoms with Gasteiger partial charge in [0.2, 0.25) is 5.91 Å². The molecule has 6 heteroatoms. The van der Waals surface area contributed by atoms with Crippen LogP contribution in [-0.2, 0) is 9.53 Å². The monoisotopic (exact) mass is 384 g/mol. The fourth-order valence-corrected chi connectivity index (χ4v) is 3.22. The van der Waals surface area contributed by atoms with E-state index in [0.29, 0.717) is 32.1 Å². The Labute approximate surface area is 163 Å². The van der Waals surface area contributed by atoms with Crippen molar-refractivity contribution in [1.29, 1.82) is 0 Å². The van der Waals surface area contributed by atoms with Gasteiger partial charge in [0.05, 0.1) is 19.6 Å². The average molecular weight is 385 g/mol. The van der Waals surface area contributed by atoms with Crippen molar-refractivity contribution in [3.63, 3.8) is 0 Å². The molecule has 148 valence electrons. The first-order valence-electron chi connectivity index (χ1n) is 9.24. The van der Waals surface area contributed by atoms with Crippen LogP contribution in [0.2, 0.25) is 0 Å². The number of carbonyl (C=O) groups excluding carboxylic acids is 1. The summed E-state index contributed by atoms with van der Waals surface area (Å²) in [4.78, 5) is 12.1. The van der Waals surface area contributed by atoms with Gasteiger partial charge in [-0.1, -0.05) is 26.0 Å². The first kappa shape index (κ1) is 22.7. The topological polar surface area (TPSA) is 59.6 Å². The highest BCUT2D eigenvalue weighted by atomic mass is 35.5. The highest BCUT2D eigenvalue weighted by Gasteiger charge is 2.32. The number of hydrogen-bond donors (Lipinski definition) is 2. The third-order valence-corrected chi connectivity index (χ3v) is 4.92. The molecule has 1 aromatic carbocycles. The van der Waals surface area contributed by atoms with Gasteiger partial charge in [0, 0.05) is 19.1 Å². The maximum Gasteiger partial charge on any atom is 0.223 e. The first-order chi connectivity index (χ1) is 12.0. The Morgan fingerprint density at radius 1 is 1.23 bits per heavy atom. The molecule has 0 aliphatic carbocycles. The number of hydrogen-bond acceptors (Lipinski definition) is 4. The summed E-state index contributed by atoms with van der Waals surface area (Å²) in [6, 6.07) is 8.09. The van der Waals surface area contributed by atoms with E-state index in [9.17, 15) is 4.79 Å². The summed E-state index contributed by atoms with van der Waals surface area (Å²) in [7, 11) is 1.73. The zero-order valence-corrected chi connectivity index (χ0v) is 17.0. The third-order valence-electron chi connectivity index (χ3n) is 4.92. The molecule has 0 saturated carbocycles. The van der Waals surface area contributed by atoms with Crippen molar-refractivity contribution in [3.8, 4) is 5.75 Å². The van der Waals surface area contributed by atoms with Crippen LogP contribution in [0.15, 0.2) is 24.3 Å². The van der Waals surface area contributed by atoms with E-state index in [4.69, 9.17) is 9.47 Å². The van der Waals surface area contributed by atoms with Gasteiger partial charge in [0.1, 0.15) is 5.75 Å². The Morgan fingerprint density at radius 3 is 2.46 bits per heavy atom. The Kier molecular flexibility index (Phi) is 9.99. The second kappa shape index (κ2) is 11.4. The number of piperidine rings is 1. The van der Waals surface area contributed by atoms with Crippen molar-refractivity contribution in [2.75, 3.05) is 40.0 Å². The zero-order chi connectivity index (χ0) is 18.1. The van der Waals surface area contributed by atoms with Gasteiger partial charge < -0.3 is 20.1 Å². The molecule has 0 radical (unpaired) electrons. The van der Waals surface area contributed by atoms with E-state index in [1.165, 1.54) is 5.56 Å². The van der Waals surface area contributed by atoms with Gasteiger partial charge in [0.25, 0.3) is 0 Å². The van der Waals surface area contributed by atoms with Gasteiger partial charge in [-0.3, -0.25) is 4.79 Å². The highest BCUT2D eigenvalue weighted by molar-refractivity contribution is 5.85. The van der Waals surface area contributed by atoms with Crippen LogP contribution in [0.5, 0.6) is 5.75 Å². The predicted molar refractivity (Wildman–Crippen MR) is 107 cm³/mol. The number of carbonyl (C=O) groups is 1. The summed E-state index contributed by atoms with van der Waals surface area (Å²) in [5.41, 5.74) is 1.35. The van der Waals surface area contributed by atoms with Crippen LogP contribution >= 0.6 is 12.4 Å². The van der Waals surface area contributed by atoms with Crippen LogP contribution in [0.4, 0.5) is 0 Å². The number of halogens is 1. The molecule has 1 heterocycles. The molecule has 1 amide bonds. The Morgan fingerprint density at radius 2 is 1.88 bits per heavy atom. The molecular weight excluding hydrogens is 352 g/mol. The fraction of sp³-hybridized carbons (Fsp3) is 0.650. The van der Waals surface area contributed by atoms with Crippen molar-refractivity contribution in [2.45, 2.75) is 39.0 Å². The number of methoxy groups -OCH3 is 1. The molecule has 5 nitrogen and oxygen atoms in total. The van der Waals surface area contributed by atoms with E-state index < -0.39 is 0 Å². The Bertz CT molecular complexity index is 523. The Balaban J connectivity index is 0.00000338. The maximum atomic E-state index is 12.1. The van der Waals surface area contributed by atoms with Crippen molar-refractivity contribution in [1.82, 2.24) is 10.6 Å². The van der Waals surface area contributed by atoms with Crippen LogP contribution in [0.25, 0.3) is 0 Å². The fourth-order valence-electron chi connectivity index (χ4n) is 3.22. The molecule has 1 aliphatic rings. The summed E-state index contributed by atoms with van der Waals surface area (Å²) in [6.45, 7) is 8.05. The highest BCUT2D eigenvalue weighted by Crippen LogP contribution is 2.28.